The van der Waals surface area contributed by atoms with Crippen LogP contribution < -0.4 is 9.46 Å². The molecule has 0 radical (unpaired) electrons. The summed E-state index contributed by atoms with van der Waals surface area (Å²) in [6.45, 7) is 2.06. The molecule has 34 heavy (non-hydrogen) atoms. The number of carbonyl (C=O) groups is 1. The molecule has 0 saturated carbocycles. The third-order valence-electron chi connectivity index (χ3n) is 5.81. The Hall–Kier alpha value is -3.17. The highest BCUT2D eigenvalue weighted by Crippen LogP contribution is 2.35. The summed E-state index contributed by atoms with van der Waals surface area (Å²) in [4.78, 5) is 12.5. The smallest absolute Gasteiger partial charge is 0.265 e. The molecule has 0 aliphatic carbocycles. The molecule has 1 atom stereocenters. The van der Waals surface area contributed by atoms with Gasteiger partial charge in [0, 0.05) is 18.2 Å². The van der Waals surface area contributed by atoms with Gasteiger partial charge in [0.05, 0.1) is 9.79 Å². The summed E-state index contributed by atoms with van der Waals surface area (Å²) in [7, 11) is -7.63. The maximum absolute atomic E-state index is 12.7. The predicted octanol–water partition coefficient (Wildman–Crippen LogP) is 3.54. The Bertz CT molecular complexity index is 1430. The molecule has 0 saturated heterocycles. The lowest BCUT2D eigenvalue weighted by Gasteiger charge is -2.36. The maximum Gasteiger partial charge on any atom is 0.265 e. The summed E-state index contributed by atoms with van der Waals surface area (Å²) in [6.07, 6.45) is 3.23. The van der Waals surface area contributed by atoms with E-state index in [1.54, 1.807) is 12.1 Å². The van der Waals surface area contributed by atoms with Crippen molar-refractivity contribution in [1.82, 2.24) is 4.72 Å². The lowest BCUT2D eigenvalue weighted by Crippen LogP contribution is -2.38. The summed E-state index contributed by atoms with van der Waals surface area (Å²) in [5.74, 6) is -0.0898. The molecule has 1 aliphatic rings. The Morgan fingerprint density at radius 1 is 0.941 bits per heavy atom. The van der Waals surface area contributed by atoms with Gasteiger partial charge in [-0.15, -0.1) is 0 Å². The minimum Gasteiger partial charge on any atom is -0.487 e. The number of ether oxygens (including phenoxy) is 1. The van der Waals surface area contributed by atoms with Gasteiger partial charge in [-0.2, -0.15) is 0 Å². The van der Waals surface area contributed by atoms with Crippen LogP contribution >= 0.6 is 0 Å². The Labute approximate surface area is 199 Å². The second-order valence-corrected chi connectivity index (χ2v) is 12.4. The van der Waals surface area contributed by atoms with E-state index in [4.69, 9.17) is 4.74 Å². The highest BCUT2D eigenvalue weighted by atomic mass is 32.2. The molecule has 1 N–H and O–H groups in total. The molecule has 1 amide bonds. The van der Waals surface area contributed by atoms with Gasteiger partial charge in [-0.25, -0.2) is 21.6 Å². The van der Waals surface area contributed by atoms with E-state index in [0.29, 0.717) is 12.2 Å². The molecule has 1 unspecified atom stereocenters. The van der Waals surface area contributed by atoms with Gasteiger partial charge < -0.3 is 4.74 Å². The van der Waals surface area contributed by atoms with Crippen molar-refractivity contribution in [3.63, 3.8) is 0 Å². The molecule has 0 bridgehead atoms. The first-order valence-electron chi connectivity index (χ1n) is 10.7. The first kappa shape index (κ1) is 24.0. The molecule has 7 nitrogen and oxygen atoms in total. The number of hydrogen-bond donors (Lipinski definition) is 1. The Morgan fingerprint density at radius 3 is 2.24 bits per heavy atom. The van der Waals surface area contributed by atoms with Gasteiger partial charge in [0.1, 0.15) is 11.4 Å². The zero-order chi connectivity index (χ0) is 24.6. The van der Waals surface area contributed by atoms with E-state index in [0.717, 1.165) is 36.8 Å². The van der Waals surface area contributed by atoms with E-state index < -0.39 is 25.8 Å². The van der Waals surface area contributed by atoms with Crippen LogP contribution in [-0.4, -0.2) is 34.6 Å². The fourth-order valence-corrected chi connectivity index (χ4v) is 5.59. The van der Waals surface area contributed by atoms with Gasteiger partial charge in [-0.3, -0.25) is 4.79 Å². The topological polar surface area (TPSA) is 107 Å². The first-order chi connectivity index (χ1) is 16.0. The number of sulfonamides is 1. The van der Waals surface area contributed by atoms with Crippen LogP contribution in [0.2, 0.25) is 0 Å². The van der Waals surface area contributed by atoms with Crippen LogP contribution in [0.5, 0.6) is 5.75 Å². The number of sulfone groups is 1. The van der Waals surface area contributed by atoms with Gasteiger partial charge in [-0.1, -0.05) is 30.3 Å². The van der Waals surface area contributed by atoms with Crippen LogP contribution in [0.1, 0.15) is 34.8 Å². The van der Waals surface area contributed by atoms with Crippen molar-refractivity contribution in [2.24, 2.45) is 0 Å². The minimum atomic E-state index is -4.17. The number of rotatable bonds is 6. The fraction of sp³-hybridized carbons (Fsp3) is 0.240. The maximum atomic E-state index is 12.7. The zero-order valence-corrected chi connectivity index (χ0v) is 20.4. The van der Waals surface area contributed by atoms with Gasteiger partial charge in [0.25, 0.3) is 15.9 Å². The van der Waals surface area contributed by atoms with Crippen molar-refractivity contribution in [3.8, 4) is 5.75 Å². The highest BCUT2D eigenvalue weighted by molar-refractivity contribution is 7.91. The third-order valence-corrected chi connectivity index (χ3v) is 8.29. The summed E-state index contributed by atoms with van der Waals surface area (Å²) >= 11 is 0. The quantitative estimate of drug-likeness (QED) is 0.556. The average Bonchev–Trinajstić information content (AvgIpc) is 2.78. The molecule has 3 aromatic carbocycles. The molecule has 3 aromatic rings. The van der Waals surface area contributed by atoms with Crippen molar-refractivity contribution in [3.05, 3.63) is 89.5 Å². The number of nitrogens with one attached hydrogen (secondary N) is 1. The van der Waals surface area contributed by atoms with Gasteiger partial charge >= 0.3 is 0 Å². The number of benzene rings is 3. The molecular weight excluding hydrogens is 474 g/mol. The molecular formula is C25H25NO6S2. The van der Waals surface area contributed by atoms with Crippen molar-refractivity contribution in [2.75, 3.05) is 6.26 Å². The Balaban J connectivity index is 1.48. The van der Waals surface area contributed by atoms with E-state index in [2.05, 4.69) is 19.1 Å². The van der Waals surface area contributed by atoms with Crippen molar-refractivity contribution < 1.29 is 26.4 Å². The summed E-state index contributed by atoms with van der Waals surface area (Å²) in [5, 5.41) is 0. The summed E-state index contributed by atoms with van der Waals surface area (Å²) in [5.41, 5.74) is 1.84. The molecule has 178 valence electrons. The summed E-state index contributed by atoms with van der Waals surface area (Å²) in [6, 6.07) is 19.7. The number of carbonyl (C=O) groups excluding carboxylic acids is 1. The third kappa shape index (κ3) is 5.31. The Morgan fingerprint density at radius 2 is 1.59 bits per heavy atom. The van der Waals surface area contributed by atoms with E-state index in [9.17, 15) is 21.6 Å². The fourth-order valence-electron chi connectivity index (χ4n) is 3.99. The van der Waals surface area contributed by atoms with Crippen LogP contribution in [0.3, 0.4) is 0 Å². The second kappa shape index (κ2) is 8.88. The monoisotopic (exact) mass is 499 g/mol. The average molecular weight is 500 g/mol. The predicted molar refractivity (Wildman–Crippen MR) is 128 cm³/mol. The van der Waals surface area contributed by atoms with Crippen molar-refractivity contribution >= 4 is 25.8 Å². The van der Waals surface area contributed by atoms with Crippen molar-refractivity contribution in [1.29, 1.82) is 0 Å². The number of fused-ring (bicyclic) bond motifs is 1. The van der Waals surface area contributed by atoms with E-state index in [1.807, 2.05) is 22.9 Å². The normalized spacial score (nSPS) is 17.9. The minimum absolute atomic E-state index is 0.00766. The number of hydrogen-bond acceptors (Lipinski definition) is 6. The second-order valence-electron chi connectivity index (χ2n) is 8.72. The van der Waals surface area contributed by atoms with Crippen LogP contribution in [0.4, 0.5) is 0 Å². The van der Waals surface area contributed by atoms with Crippen LogP contribution in [0.25, 0.3) is 0 Å². The molecule has 9 heteroatoms. The van der Waals surface area contributed by atoms with Crippen LogP contribution in [-0.2, 0) is 32.7 Å². The molecule has 1 heterocycles. The Kier molecular flexibility index (Phi) is 6.26. The standard InChI is InChI=1S/C25H25NO6S2/c1-25(17-18-6-4-3-5-7-18)15-14-19-16-20(8-13-23(19)32-25)24(27)26-34(30,31)22-11-9-21(10-12-22)33(2,28)29/h3-13,16H,14-15,17H2,1-2H3,(H,26,27). The zero-order valence-electron chi connectivity index (χ0n) is 18.8. The molecule has 4 rings (SSSR count). The molecule has 0 aromatic heterocycles. The summed E-state index contributed by atoms with van der Waals surface area (Å²) < 4.78 is 56.7. The largest absolute Gasteiger partial charge is 0.487 e. The highest BCUT2D eigenvalue weighted by Gasteiger charge is 2.32. The van der Waals surface area contributed by atoms with Gasteiger partial charge in [0.15, 0.2) is 9.84 Å². The van der Waals surface area contributed by atoms with Crippen LogP contribution in [0.15, 0.2) is 82.6 Å². The SMILES string of the molecule is CC1(Cc2ccccc2)CCc2cc(C(=O)NS(=O)(=O)c3ccc(S(C)(=O)=O)cc3)ccc2O1. The lowest BCUT2D eigenvalue weighted by atomic mass is 9.87. The van der Waals surface area contributed by atoms with Gasteiger partial charge in [0.2, 0.25) is 0 Å². The van der Waals surface area contributed by atoms with Crippen LogP contribution in [0, 0.1) is 0 Å². The van der Waals surface area contributed by atoms with E-state index >= 15 is 0 Å². The van der Waals surface area contributed by atoms with E-state index in [-0.39, 0.29) is 21.0 Å². The van der Waals surface area contributed by atoms with Crippen molar-refractivity contribution in [2.45, 2.75) is 41.6 Å². The molecule has 1 aliphatic heterocycles. The lowest BCUT2D eigenvalue weighted by molar-refractivity contribution is 0.0654. The van der Waals surface area contributed by atoms with Gasteiger partial charge in [-0.05, 0) is 73.4 Å². The molecule has 0 spiro atoms. The molecule has 0 fully saturated rings. The number of amides is 1. The van der Waals surface area contributed by atoms with E-state index in [1.165, 1.54) is 23.8 Å². The number of aryl methyl sites for hydroxylation is 1. The first-order valence-corrected chi connectivity index (χ1v) is 14.1.